The Bertz CT molecular complexity index is 1240. The highest BCUT2D eigenvalue weighted by Crippen LogP contribution is 2.21. The van der Waals surface area contributed by atoms with E-state index < -0.39 is 11.6 Å². The number of aromatic nitrogens is 1. The van der Waals surface area contributed by atoms with Gasteiger partial charge in [0.1, 0.15) is 23.5 Å². The molecule has 3 aromatic rings. The van der Waals surface area contributed by atoms with E-state index in [-0.39, 0.29) is 22.9 Å². The molecule has 7 heteroatoms. The van der Waals surface area contributed by atoms with Gasteiger partial charge < -0.3 is 9.74 Å². The number of hydrogen-bond acceptors (Lipinski definition) is 4. The normalized spacial score (nSPS) is 15.5. The van der Waals surface area contributed by atoms with Gasteiger partial charge in [-0.3, -0.25) is 9.36 Å². The van der Waals surface area contributed by atoms with Crippen molar-refractivity contribution in [2.75, 3.05) is 19.6 Å². The van der Waals surface area contributed by atoms with Gasteiger partial charge in [0.05, 0.1) is 5.69 Å². The molecule has 4 rings (SSSR count). The summed E-state index contributed by atoms with van der Waals surface area (Å²) in [6.45, 7) is 8.80. The maximum atomic E-state index is 14.8. The zero-order chi connectivity index (χ0) is 24.2. The average Bonchev–Trinajstić information content (AvgIpc) is 2.82. The van der Waals surface area contributed by atoms with Crippen LogP contribution in [0.1, 0.15) is 42.0 Å². The van der Waals surface area contributed by atoms with Crippen molar-refractivity contribution in [3.8, 4) is 5.69 Å². The predicted molar refractivity (Wildman–Crippen MR) is 130 cm³/mol. The Kier molecular flexibility index (Phi) is 7.22. The Morgan fingerprint density at radius 1 is 1.06 bits per heavy atom. The van der Waals surface area contributed by atoms with Crippen molar-refractivity contribution in [2.45, 2.75) is 39.7 Å². The van der Waals surface area contributed by atoms with Crippen LogP contribution in [0.3, 0.4) is 0 Å². The van der Waals surface area contributed by atoms with Crippen LogP contribution >= 0.6 is 0 Å². The lowest BCUT2D eigenvalue weighted by molar-refractivity contribution is 0.0121. The molecule has 2 heterocycles. The molecule has 1 aliphatic heterocycles. The van der Waals surface area contributed by atoms with E-state index in [9.17, 15) is 13.6 Å². The fourth-order valence-corrected chi connectivity index (χ4v) is 4.38. The molecule has 2 aromatic carbocycles. The molecule has 1 aromatic heterocycles. The van der Waals surface area contributed by atoms with Gasteiger partial charge in [-0.25, -0.2) is 8.78 Å². The summed E-state index contributed by atoms with van der Waals surface area (Å²) in [5.41, 5.74) is 3.25. The van der Waals surface area contributed by atoms with Crippen LogP contribution in [0.15, 0.2) is 64.7 Å². The molecule has 0 atom stereocenters. The Balaban J connectivity index is 1.77. The summed E-state index contributed by atoms with van der Waals surface area (Å²) in [6.07, 6.45) is 3.19. The number of hydrogen-bond donors (Lipinski definition) is 0. The van der Waals surface area contributed by atoms with Crippen LogP contribution in [0.4, 0.5) is 8.78 Å². The second kappa shape index (κ2) is 10.3. The first kappa shape index (κ1) is 23.8. The van der Waals surface area contributed by atoms with Crippen LogP contribution < -0.4 is 5.56 Å². The molecule has 1 saturated heterocycles. The van der Waals surface area contributed by atoms with Gasteiger partial charge >= 0.3 is 0 Å². The molecule has 0 spiro atoms. The molecule has 5 nitrogen and oxygen atoms in total. The van der Waals surface area contributed by atoms with Gasteiger partial charge in [-0.05, 0) is 62.6 Å². The minimum Gasteiger partial charge on any atom is -0.392 e. The van der Waals surface area contributed by atoms with Gasteiger partial charge in [0.15, 0.2) is 0 Å². The van der Waals surface area contributed by atoms with Crippen LogP contribution in [-0.2, 0) is 4.84 Å². The molecular weight excluding hydrogens is 436 g/mol. The fraction of sp³-hybridized carbons (Fsp3) is 0.333. The smallest absolute Gasteiger partial charge is 0.255 e. The van der Waals surface area contributed by atoms with Crippen LogP contribution in [-0.4, -0.2) is 40.9 Å². The summed E-state index contributed by atoms with van der Waals surface area (Å²) in [5, 5.41) is 4.36. The van der Waals surface area contributed by atoms with E-state index >= 15 is 0 Å². The number of aryl methyl sites for hydroxylation is 2. The molecule has 0 bridgehead atoms. The first-order chi connectivity index (χ1) is 16.4. The van der Waals surface area contributed by atoms with Crippen LogP contribution in [0.2, 0.25) is 0 Å². The summed E-state index contributed by atoms with van der Waals surface area (Å²) < 4.78 is 30.0. The van der Waals surface area contributed by atoms with E-state index in [0.29, 0.717) is 5.56 Å². The van der Waals surface area contributed by atoms with Crippen molar-refractivity contribution in [1.82, 2.24) is 9.47 Å². The Morgan fingerprint density at radius 3 is 2.41 bits per heavy atom. The first-order valence-electron chi connectivity index (χ1n) is 11.6. The van der Waals surface area contributed by atoms with E-state index in [1.165, 1.54) is 22.8 Å². The van der Waals surface area contributed by atoms with Crippen molar-refractivity contribution >= 4 is 5.71 Å². The maximum absolute atomic E-state index is 14.8. The van der Waals surface area contributed by atoms with Gasteiger partial charge in [0.25, 0.3) is 5.56 Å². The zero-order valence-corrected chi connectivity index (χ0v) is 19.7. The topological polar surface area (TPSA) is 46.8 Å². The highest BCUT2D eigenvalue weighted by atomic mass is 19.1. The lowest BCUT2D eigenvalue weighted by Crippen LogP contribution is -2.36. The third kappa shape index (κ3) is 5.09. The average molecular weight is 466 g/mol. The molecule has 178 valence electrons. The number of para-hydroxylation sites is 1. The number of benzene rings is 2. The molecule has 0 amide bonds. The summed E-state index contributed by atoms with van der Waals surface area (Å²) in [6, 6.07) is 12.2. The van der Waals surface area contributed by atoms with Gasteiger partial charge in [0.2, 0.25) is 0 Å². The molecular formula is C27H29F2N3O2. The van der Waals surface area contributed by atoms with E-state index in [4.69, 9.17) is 4.84 Å². The SMILES string of the molecule is CCN1CCC(O/N=C(\c2ccc(=O)n(-c3c(C)cccc3C)c2)c2ccc(F)cc2F)CC1. The van der Waals surface area contributed by atoms with Crippen LogP contribution in [0, 0.1) is 25.5 Å². The number of pyridine rings is 1. The molecule has 0 N–H and O–H groups in total. The molecule has 0 radical (unpaired) electrons. The quantitative estimate of drug-likeness (QED) is 0.381. The highest BCUT2D eigenvalue weighted by molar-refractivity contribution is 6.12. The zero-order valence-electron chi connectivity index (χ0n) is 19.7. The fourth-order valence-electron chi connectivity index (χ4n) is 4.38. The Morgan fingerprint density at radius 2 is 1.76 bits per heavy atom. The Hall–Kier alpha value is -3.32. The van der Waals surface area contributed by atoms with Gasteiger partial charge in [0, 0.05) is 42.5 Å². The van der Waals surface area contributed by atoms with E-state index in [2.05, 4.69) is 17.0 Å². The summed E-state index contributed by atoms with van der Waals surface area (Å²) in [7, 11) is 0. The van der Waals surface area contributed by atoms with Gasteiger partial charge in [-0.1, -0.05) is 30.3 Å². The second-order valence-corrected chi connectivity index (χ2v) is 8.67. The van der Waals surface area contributed by atoms with Crippen LogP contribution in [0.25, 0.3) is 5.69 Å². The molecule has 0 saturated carbocycles. The van der Waals surface area contributed by atoms with Crippen molar-refractivity contribution in [2.24, 2.45) is 5.16 Å². The van der Waals surface area contributed by atoms with Crippen molar-refractivity contribution in [3.63, 3.8) is 0 Å². The third-order valence-corrected chi connectivity index (χ3v) is 6.33. The largest absolute Gasteiger partial charge is 0.392 e. The van der Waals surface area contributed by atoms with Crippen LogP contribution in [0.5, 0.6) is 0 Å². The second-order valence-electron chi connectivity index (χ2n) is 8.67. The summed E-state index contributed by atoms with van der Waals surface area (Å²) >= 11 is 0. The Labute approximate surface area is 198 Å². The van der Waals surface area contributed by atoms with Crippen molar-refractivity contribution < 1.29 is 13.6 Å². The molecule has 34 heavy (non-hydrogen) atoms. The molecule has 0 aliphatic carbocycles. The number of halogens is 2. The monoisotopic (exact) mass is 465 g/mol. The molecule has 1 aliphatic rings. The molecule has 0 unspecified atom stereocenters. The predicted octanol–water partition coefficient (Wildman–Crippen LogP) is 4.99. The minimum absolute atomic E-state index is 0.0918. The van der Waals surface area contributed by atoms with Gasteiger partial charge in [-0.2, -0.15) is 0 Å². The standard InChI is InChI=1S/C27H29F2N3O2/c1-4-31-14-12-22(13-15-31)34-30-26(23-10-9-21(28)16-24(23)29)20-8-11-25(33)32(17-20)27-18(2)6-5-7-19(27)3/h5-11,16-17,22H,4,12-15H2,1-3H3/b30-26+. The first-order valence-corrected chi connectivity index (χ1v) is 11.6. The third-order valence-electron chi connectivity index (χ3n) is 6.33. The summed E-state index contributed by atoms with van der Waals surface area (Å²) in [4.78, 5) is 21.0. The number of rotatable bonds is 6. The van der Waals surface area contributed by atoms with Crippen molar-refractivity contribution in [3.05, 3.63) is 99.0 Å². The maximum Gasteiger partial charge on any atom is 0.255 e. The van der Waals surface area contributed by atoms with E-state index in [1.54, 1.807) is 12.3 Å². The van der Waals surface area contributed by atoms with Gasteiger partial charge in [-0.15, -0.1) is 0 Å². The number of nitrogens with zero attached hydrogens (tertiary/aromatic N) is 3. The number of piperidine rings is 1. The van der Waals surface area contributed by atoms with E-state index in [1.807, 2.05) is 32.0 Å². The van der Waals surface area contributed by atoms with E-state index in [0.717, 1.165) is 55.4 Å². The number of likely N-dealkylation sites (tertiary alicyclic amines) is 1. The summed E-state index contributed by atoms with van der Waals surface area (Å²) in [5.74, 6) is -1.41. The minimum atomic E-state index is -0.743. The number of oxime groups is 1. The lowest BCUT2D eigenvalue weighted by atomic mass is 10.0. The molecule has 1 fully saturated rings. The van der Waals surface area contributed by atoms with Crippen molar-refractivity contribution in [1.29, 1.82) is 0 Å². The lowest BCUT2D eigenvalue weighted by Gasteiger charge is -2.29. The highest BCUT2D eigenvalue weighted by Gasteiger charge is 2.21.